The van der Waals surface area contributed by atoms with Crippen molar-refractivity contribution in [3.05, 3.63) is 66.1 Å². The van der Waals surface area contributed by atoms with Gasteiger partial charge < -0.3 is 15.0 Å². The molecule has 122 valence electrons. The van der Waals surface area contributed by atoms with Crippen LogP contribution in [-0.2, 0) is 9.53 Å². The molecule has 3 aromatic rings. The van der Waals surface area contributed by atoms with Gasteiger partial charge in [0, 0.05) is 17.2 Å². The molecule has 0 aliphatic heterocycles. The van der Waals surface area contributed by atoms with E-state index in [0.29, 0.717) is 18.0 Å². The van der Waals surface area contributed by atoms with E-state index in [2.05, 4.69) is 0 Å². The summed E-state index contributed by atoms with van der Waals surface area (Å²) < 4.78 is 20.3. The summed E-state index contributed by atoms with van der Waals surface area (Å²) >= 11 is 0. The number of aromatic nitrogens is 1. The Morgan fingerprint density at radius 3 is 2.79 bits per heavy atom. The average molecular weight is 324 g/mol. The van der Waals surface area contributed by atoms with Crippen molar-refractivity contribution in [3.63, 3.8) is 0 Å². The first kappa shape index (κ1) is 15.8. The number of benzene rings is 2. The van der Waals surface area contributed by atoms with Gasteiger partial charge in [-0.1, -0.05) is 12.1 Å². The number of nitrogens with two attached hydrogens (primary N) is 1. The Morgan fingerprint density at radius 2 is 2.04 bits per heavy atom. The van der Waals surface area contributed by atoms with Crippen LogP contribution in [0.25, 0.3) is 22.7 Å². The van der Waals surface area contributed by atoms with Gasteiger partial charge in [0.2, 0.25) is 0 Å². The van der Waals surface area contributed by atoms with E-state index in [4.69, 9.17) is 10.5 Å². The maximum Gasteiger partial charge on any atom is 0.330 e. The quantitative estimate of drug-likeness (QED) is 0.449. The molecule has 0 amide bonds. The molecule has 4 nitrogen and oxygen atoms in total. The van der Waals surface area contributed by atoms with Crippen LogP contribution in [0.2, 0.25) is 0 Å². The standard InChI is InChI=1S/C19H17FN2O2/c1-2-24-19(23)10-8-15-12-13-11-14(20)7-9-17(13)22(15)18-6-4-3-5-16(18)21/h3-12H,2,21H2,1H3/b10-8-. The predicted molar refractivity (Wildman–Crippen MR) is 93.3 cm³/mol. The van der Waals surface area contributed by atoms with Crippen LogP contribution >= 0.6 is 0 Å². The Hall–Kier alpha value is -3.08. The number of fused-ring (bicyclic) bond motifs is 1. The van der Waals surface area contributed by atoms with E-state index < -0.39 is 5.97 Å². The number of hydrogen-bond donors (Lipinski definition) is 1. The van der Waals surface area contributed by atoms with Crippen molar-refractivity contribution in [2.75, 3.05) is 12.3 Å². The van der Waals surface area contributed by atoms with E-state index in [1.54, 1.807) is 31.2 Å². The number of carbonyl (C=O) groups is 1. The third-order valence-corrected chi connectivity index (χ3v) is 3.65. The molecule has 0 saturated carbocycles. The zero-order valence-corrected chi connectivity index (χ0v) is 13.2. The molecule has 0 spiro atoms. The highest BCUT2D eigenvalue weighted by Gasteiger charge is 2.12. The summed E-state index contributed by atoms with van der Waals surface area (Å²) in [6.07, 6.45) is 2.99. The third-order valence-electron chi connectivity index (χ3n) is 3.65. The Labute approximate surface area is 139 Å². The molecular formula is C19H17FN2O2. The number of ether oxygens (including phenoxy) is 1. The van der Waals surface area contributed by atoms with E-state index in [9.17, 15) is 9.18 Å². The fourth-order valence-corrected chi connectivity index (χ4v) is 2.63. The van der Waals surface area contributed by atoms with Gasteiger partial charge in [0.15, 0.2) is 0 Å². The Balaban J connectivity index is 2.19. The summed E-state index contributed by atoms with van der Waals surface area (Å²) in [5.41, 5.74) is 8.96. The number of para-hydroxylation sites is 2. The Bertz CT molecular complexity index is 928. The highest BCUT2D eigenvalue weighted by atomic mass is 19.1. The second-order valence-corrected chi connectivity index (χ2v) is 5.25. The zero-order chi connectivity index (χ0) is 17.1. The fraction of sp³-hybridized carbons (Fsp3) is 0.105. The van der Waals surface area contributed by atoms with Gasteiger partial charge in [0.1, 0.15) is 5.82 Å². The molecule has 1 aromatic heterocycles. The maximum absolute atomic E-state index is 13.5. The molecule has 0 radical (unpaired) electrons. The number of hydrogen-bond acceptors (Lipinski definition) is 3. The van der Waals surface area contributed by atoms with Crippen LogP contribution in [0, 0.1) is 5.82 Å². The van der Waals surface area contributed by atoms with Crippen molar-refractivity contribution in [1.82, 2.24) is 4.57 Å². The highest BCUT2D eigenvalue weighted by molar-refractivity contribution is 5.91. The number of carbonyl (C=O) groups excluding carboxylic acids is 1. The first-order chi connectivity index (χ1) is 11.6. The van der Waals surface area contributed by atoms with E-state index in [1.165, 1.54) is 18.2 Å². The second-order valence-electron chi connectivity index (χ2n) is 5.25. The number of rotatable bonds is 4. The van der Waals surface area contributed by atoms with Gasteiger partial charge in [-0.15, -0.1) is 0 Å². The minimum Gasteiger partial charge on any atom is -0.463 e. The molecule has 0 bridgehead atoms. The second kappa shape index (κ2) is 6.58. The van der Waals surface area contributed by atoms with Crippen molar-refractivity contribution >= 4 is 28.6 Å². The van der Waals surface area contributed by atoms with Gasteiger partial charge in [-0.05, 0) is 49.4 Å². The molecule has 24 heavy (non-hydrogen) atoms. The normalized spacial score (nSPS) is 11.2. The van der Waals surface area contributed by atoms with Gasteiger partial charge in [-0.2, -0.15) is 0 Å². The van der Waals surface area contributed by atoms with Crippen LogP contribution in [-0.4, -0.2) is 17.1 Å². The van der Waals surface area contributed by atoms with E-state index >= 15 is 0 Å². The van der Waals surface area contributed by atoms with Gasteiger partial charge in [0.05, 0.1) is 23.5 Å². The molecule has 0 saturated heterocycles. The van der Waals surface area contributed by atoms with Crippen molar-refractivity contribution < 1.29 is 13.9 Å². The molecule has 0 atom stereocenters. The molecule has 0 unspecified atom stereocenters. The summed E-state index contributed by atoms with van der Waals surface area (Å²) in [5, 5.41) is 0.724. The largest absolute Gasteiger partial charge is 0.463 e. The van der Waals surface area contributed by atoms with Crippen LogP contribution in [0.5, 0.6) is 0 Å². The number of anilines is 1. The number of nitrogens with zero attached hydrogens (tertiary/aromatic N) is 1. The van der Waals surface area contributed by atoms with Gasteiger partial charge >= 0.3 is 5.97 Å². The lowest BCUT2D eigenvalue weighted by Crippen LogP contribution is -2.02. The molecule has 2 N–H and O–H groups in total. The summed E-state index contributed by atoms with van der Waals surface area (Å²) in [5.74, 6) is -0.747. The minimum absolute atomic E-state index is 0.309. The summed E-state index contributed by atoms with van der Waals surface area (Å²) in [6.45, 7) is 2.05. The topological polar surface area (TPSA) is 57.2 Å². The van der Waals surface area contributed by atoms with Crippen molar-refractivity contribution in [2.24, 2.45) is 0 Å². The first-order valence-electron chi connectivity index (χ1n) is 7.61. The fourth-order valence-electron chi connectivity index (χ4n) is 2.63. The summed E-state index contributed by atoms with van der Waals surface area (Å²) in [4.78, 5) is 11.6. The van der Waals surface area contributed by atoms with Gasteiger partial charge in [-0.3, -0.25) is 0 Å². The minimum atomic E-state index is -0.429. The average Bonchev–Trinajstić information content (AvgIpc) is 2.91. The Morgan fingerprint density at radius 1 is 1.25 bits per heavy atom. The number of halogens is 1. The summed E-state index contributed by atoms with van der Waals surface area (Å²) in [7, 11) is 0. The van der Waals surface area contributed by atoms with Gasteiger partial charge in [0.25, 0.3) is 0 Å². The smallest absolute Gasteiger partial charge is 0.330 e. The molecule has 0 fully saturated rings. The molecule has 0 aliphatic rings. The van der Waals surface area contributed by atoms with Crippen molar-refractivity contribution in [2.45, 2.75) is 6.92 Å². The van der Waals surface area contributed by atoms with Crippen molar-refractivity contribution in [3.8, 4) is 5.69 Å². The molecule has 2 aromatic carbocycles. The van der Waals surface area contributed by atoms with Crippen LogP contribution in [0.3, 0.4) is 0 Å². The molecule has 3 rings (SSSR count). The third kappa shape index (κ3) is 3.01. The maximum atomic E-state index is 13.5. The van der Waals surface area contributed by atoms with Crippen molar-refractivity contribution in [1.29, 1.82) is 0 Å². The van der Waals surface area contributed by atoms with E-state index in [0.717, 1.165) is 16.6 Å². The lowest BCUT2D eigenvalue weighted by atomic mass is 10.2. The molecule has 1 heterocycles. The summed E-state index contributed by atoms with van der Waals surface area (Å²) in [6, 6.07) is 13.7. The molecule has 5 heteroatoms. The van der Waals surface area contributed by atoms with E-state index in [1.807, 2.05) is 22.8 Å². The zero-order valence-electron chi connectivity index (χ0n) is 13.2. The van der Waals surface area contributed by atoms with Crippen LogP contribution in [0.1, 0.15) is 12.6 Å². The Kier molecular flexibility index (Phi) is 4.33. The molecular weight excluding hydrogens is 307 g/mol. The SMILES string of the molecule is CCOC(=O)/C=C\c1cc2cc(F)ccc2n1-c1ccccc1N. The highest BCUT2D eigenvalue weighted by Crippen LogP contribution is 2.28. The molecule has 0 aliphatic carbocycles. The van der Waals surface area contributed by atoms with Crippen LogP contribution < -0.4 is 5.73 Å². The van der Waals surface area contributed by atoms with Gasteiger partial charge in [-0.25, -0.2) is 9.18 Å². The predicted octanol–water partition coefficient (Wildman–Crippen LogP) is 3.93. The monoisotopic (exact) mass is 324 g/mol. The van der Waals surface area contributed by atoms with Crippen LogP contribution in [0.15, 0.2) is 54.6 Å². The lowest BCUT2D eigenvalue weighted by molar-refractivity contribution is -0.137. The lowest BCUT2D eigenvalue weighted by Gasteiger charge is -2.11. The first-order valence-corrected chi connectivity index (χ1v) is 7.61. The number of esters is 1. The number of nitrogen functional groups attached to an aromatic ring is 1. The van der Waals surface area contributed by atoms with E-state index in [-0.39, 0.29) is 5.82 Å². The van der Waals surface area contributed by atoms with Crippen LogP contribution in [0.4, 0.5) is 10.1 Å².